The maximum Gasteiger partial charge on any atom is 0.0222 e. The Bertz CT molecular complexity index is 84.5. The number of hydrogen-bond acceptors (Lipinski definition) is 2. The van der Waals surface area contributed by atoms with E-state index in [2.05, 4.69) is 6.58 Å². The van der Waals surface area contributed by atoms with Crippen LogP contribution in [0.5, 0.6) is 0 Å². The fourth-order valence-electron chi connectivity index (χ4n) is 0.323. The van der Waals surface area contributed by atoms with E-state index in [1.165, 1.54) is 5.01 Å². The van der Waals surface area contributed by atoms with E-state index < -0.39 is 0 Å². The first-order valence-corrected chi connectivity index (χ1v) is 2.52. The smallest absolute Gasteiger partial charge is 0.0222 e. The third-order valence-corrected chi connectivity index (χ3v) is 0.643. The van der Waals surface area contributed by atoms with Crippen molar-refractivity contribution in [2.45, 2.75) is 6.42 Å². The molecule has 0 amide bonds. The van der Waals surface area contributed by atoms with Crippen molar-refractivity contribution in [2.75, 3.05) is 7.05 Å². The summed E-state index contributed by atoms with van der Waals surface area (Å²) in [5, 5.41) is 1.50. The molecule has 0 unspecified atom stereocenters. The van der Waals surface area contributed by atoms with Gasteiger partial charge in [-0.1, -0.05) is 12.2 Å². The lowest BCUT2D eigenvalue weighted by Crippen LogP contribution is -2.18. The third-order valence-electron chi connectivity index (χ3n) is 0.643. The quantitative estimate of drug-likeness (QED) is 0.333. The predicted octanol–water partition coefficient (Wildman–Crippen LogP) is 0.882. The summed E-state index contributed by atoms with van der Waals surface area (Å²) in [7, 11) is 1.78. The number of nitrogens with zero attached hydrogens (tertiary/aromatic N) is 1. The number of allylic oxidation sites excluding steroid dienone is 2. The maximum atomic E-state index is 5.25. The third kappa shape index (κ3) is 5.24. The van der Waals surface area contributed by atoms with Gasteiger partial charge in [0.05, 0.1) is 0 Å². The molecule has 8 heavy (non-hydrogen) atoms. The molecule has 0 aliphatic heterocycles. The van der Waals surface area contributed by atoms with Crippen molar-refractivity contribution in [1.82, 2.24) is 5.01 Å². The van der Waals surface area contributed by atoms with Gasteiger partial charge in [-0.15, -0.1) is 6.58 Å². The summed E-state index contributed by atoms with van der Waals surface area (Å²) in [6.45, 7) is 3.55. The Hall–Kier alpha value is -0.760. The topological polar surface area (TPSA) is 29.3 Å². The molecule has 0 saturated heterocycles. The van der Waals surface area contributed by atoms with Gasteiger partial charge in [0.25, 0.3) is 0 Å². The van der Waals surface area contributed by atoms with E-state index in [9.17, 15) is 0 Å². The molecule has 0 aliphatic carbocycles. The molecule has 0 spiro atoms. The van der Waals surface area contributed by atoms with Crippen LogP contribution in [0.3, 0.4) is 0 Å². The highest BCUT2D eigenvalue weighted by atomic mass is 15.4. The summed E-state index contributed by atoms with van der Waals surface area (Å²) in [4.78, 5) is 0. The van der Waals surface area contributed by atoms with Gasteiger partial charge in [0.1, 0.15) is 0 Å². The molecule has 0 bridgehead atoms. The summed E-state index contributed by atoms with van der Waals surface area (Å²) in [5.41, 5.74) is 0. The molecule has 0 heterocycles. The summed E-state index contributed by atoms with van der Waals surface area (Å²) >= 11 is 0. The number of nitrogens with two attached hydrogens (primary N) is 1. The van der Waals surface area contributed by atoms with Gasteiger partial charge in [-0.25, -0.2) is 5.84 Å². The van der Waals surface area contributed by atoms with E-state index in [4.69, 9.17) is 5.84 Å². The van der Waals surface area contributed by atoms with Gasteiger partial charge in [0, 0.05) is 13.2 Å². The monoisotopic (exact) mass is 112 g/mol. The molecule has 0 fully saturated rings. The van der Waals surface area contributed by atoms with Crippen LogP contribution in [0, 0.1) is 0 Å². The zero-order chi connectivity index (χ0) is 6.41. The normalized spacial score (nSPS) is 9.75. The molecular weight excluding hydrogens is 100 g/mol. The van der Waals surface area contributed by atoms with Gasteiger partial charge in [0.2, 0.25) is 0 Å². The molecule has 0 aromatic heterocycles. The van der Waals surface area contributed by atoms with E-state index in [0.717, 1.165) is 6.42 Å². The van der Waals surface area contributed by atoms with Crippen molar-refractivity contribution in [3.05, 3.63) is 24.9 Å². The highest BCUT2D eigenvalue weighted by Gasteiger charge is 1.71. The van der Waals surface area contributed by atoms with E-state index in [1.807, 2.05) is 12.2 Å². The van der Waals surface area contributed by atoms with Gasteiger partial charge < -0.3 is 5.01 Å². The Morgan fingerprint density at radius 3 is 2.75 bits per heavy atom. The van der Waals surface area contributed by atoms with E-state index in [-0.39, 0.29) is 0 Å². The number of hydrogen-bond donors (Lipinski definition) is 1. The average Bonchev–Trinajstić information content (AvgIpc) is 1.66. The Morgan fingerprint density at radius 2 is 2.38 bits per heavy atom. The molecule has 46 valence electrons. The Balaban J connectivity index is 3.19. The lowest BCUT2D eigenvalue weighted by Gasteiger charge is -2.00. The molecule has 0 saturated carbocycles. The Morgan fingerprint density at radius 1 is 1.75 bits per heavy atom. The first-order chi connectivity index (χ1) is 3.77. The minimum Gasteiger partial charge on any atom is -0.322 e. The van der Waals surface area contributed by atoms with Gasteiger partial charge >= 0.3 is 0 Å². The molecule has 2 nitrogen and oxygen atoms in total. The van der Waals surface area contributed by atoms with Crippen molar-refractivity contribution < 1.29 is 0 Å². The fourth-order valence-corrected chi connectivity index (χ4v) is 0.323. The highest BCUT2D eigenvalue weighted by molar-refractivity contribution is 4.85. The second-order valence-electron chi connectivity index (χ2n) is 1.57. The van der Waals surface area contributed by atoms with Crippen molar-refractivity contribution in [1.29, 1.82) is 0 Å². The molecule has 0 aromatic rings. The summed E-state index contributed by atoms with van der Waals surface area (Å²) < 4.78 is 0. The van der Waals surface area contributed by atoms with Crippen LogP contribution in [-0.2, 0) is 0 Å². The molecular formula is C6H12N2. The summed E-state index contributed by atoms with van der Waals surface area (Å²) in [6.07, 6.45) is 6.43. The van der Waals surface area contributed by atoms with Crippen LogP contribution in [0.15, 0.2) is 24.9 Å². The zero-order valence-corrected chi connectivity index (χ0v) is 5.17. The van der Waals surface area contributed by atoms with Crippen molar-refractivity contribution in [3.63, 3.8) is 0 Å². The minimum absolute atomic E-state index is 0.877. The maximum absolute atomic E-state index is 5.25. The van der Waals surface area contributed by atoms with Gasteiger partial charge in [-0.2, -0.15) is 0 Å². The number of hydrazine groups is 1. The highest BCUT2D eigenvalue weighted by Crippen LogP contribution is 1.81. The molecule has 0 aliphatic rings. The molecule has 2 heteroatoms. The van der Waals surface area contributed by atoms with Crippen molar-refractivity contribution in [2.24, 2.45) is 5.84 Å². The first-order valence-electron chi connectivity index (χ1n) is 2.52. The second-order valence-corrected chi connectivity index (χ2v) is 1.57. The lowest BCUT2D eigenvalue weighted by molar-refractivity contribution is 0.483. The van der Waals surface area contributed by atoms with Crippen LogP contribution in [0.1, 0.15) is 6.42 Å². The lowest BCUT2D eigenvalue weighted by atomic mass is 10.4. The molecule has 0 radical (unpaired) electrons. The van der Waals surface area contributed by atoms with E-state index >= 15 is 0 Å². The standard InChI is InChI=1S/C6H12N2/c1-3-4-5-6-8(2)7/h3,5-6H,1,4,7H2,2H3/b6-5-. The van der Waals surface area contributed by atoms with E-state index in [1.54, 1.807) is 13.2 Å². The minimum atomic E-state index is 0.877. The predicted molar refractivity (Wildman–Crippen MR) is 35.9 cm³/mol. The van der Waals surface area contributed by atoms with Crippen LogP contribution in [-0.4, -0.2) is 12.1 Å². The fraction of sp³-hybridized carbons (Fsp3) is 0.333. The summed E-state index contributed by atoms with van der Waals surface area (Å²) in [5.74, 6) is 5.25. The first kappa shape index (κ1) is 7.24. The molecule has 0 atom stereocenters. The Kier molecular flexibility index (Phi) is 3.98. The van der Waals surface area contributed by atoms with E-state index in [0.29, 0.717) is 0 Å². The molecule has 2 N–H and O–H groups in total. The van der Waals surface area contributed by atoms with Crippen LogP contribution in [0.2, 0.25) is 0 Å². The second kappa shape index (κ2) is 4.40. The Labute approximate surface area is 50.3 Å². The van der Waals surface area contributed by atoms with Crippen molar-refractivity contribution in [3.8, 4) is 0 Å². The van der Waals surface area contributed by atoms with Crippen LogP contribution < -0.4 is 5.84 Å². The van der Waals surface area contributed by atoms with Gasteiger partial charge in [0.15, 0.2) is 0 Å². The van der Waals surface area contributed by atoms with Crippen molar-refractivity contribution >= 4 is 0 Å². The number of rotatable bonds is 3. The SMILES string of the molecule is C=CC/C=C\N(C)N. The van der Waals surface area contributed by atoms with Gasteiger partial charge in [-0.05, 0) is 6.42 Å². The average molecular weight is 112 g/mol. The molecule has 0 aromatic carbocycles. The van der Waals surface area contributed by atoms with Crippen LogP contribution in [0.4, 0.5) is 0 Å². The molecule has 0 rings (SSSR count). The summed E-state index contributed by atoms with van der Waals surface area (Å²) in [6, 6.07) is 0. The zero-order valence-electron chi connectivity index (χ0n) is 5.17. The van der Waals surface area contributed by atoms with Gasteiger partial charge in [-0.3, -0.25) is 0 Å². The van der Waals surface area contributed by atoms with Crippen LogP contribution in [0.25, 0.3) is 0 Å². The van der Waals surface area contributed by atoms with Crippen LogP contribution >= 0.6 is 0 Å². The largest absolute Gasteiger partial charge is 0.322 e.